The third kappa shape index (κ3) is 2.60. The van der Waals surface area contributed by atoms with Crippen molar-refractivity contribution in [2.75, 3.05) is 0 Å². The summed E-state index contributed by atoms with van der Waals surface area (Å²) in [6, 6.07) is 16.2. The fraction of sp³-hybridized carbons (Fsp3) is 0.364. The highest BCUT2D eigenvalue weighted by molar-refractivity contribution is 5.99. The number of hydrogen-bond donors (Lipinski definition) is 0. The zero-order chi connectivity index (χ0) is 16.5. The van der Waals surface area contributed by atoms with Crippen molar-refractivity contribution in [3.63, 3.8) is 0 Å². The van der Waals surface area contributed by atoms with Gasteiger partial charge in [-0.05, 0) is 48.6 Å². The average Bonchev–Trinajstić information content (AvgIpc) is 2.88. The van der Waals surface area contributed by atoms with E-state index < -0.39 is 0 Å². The van der Waals surface area contributed by atoms with Gasteiger partial charge >= 0.3 is 0 Å². The molecule has 2 aromatic carbocycles. The van der Waals surface area contributed by atoms with Gasteiger partial charge in [0.25, 0.3) is 0 Å². The standard InChI is InChI=1S/C22H22O2/c23-21-13-5-11-15(17-7-1-3-9-19(17)21)16-12-6-14-22(24)20-10-4-2-8-18(16)20/h1-4,7-10,15-16H,5-6,11-14H2/t15-,16-/m1/s1. The van der Waals surface area contributed by atoms with E-state index in [0.717, 1.165) is 36.8 Å². The Morgan fingerprint density at radius 2 is 1.04 bits per heavy atom. The summed E-state index contributed by atoms with van der Waals surface area (Å²) in [5.41, 5.74) is 4.17. The summed E-state index contributed by atoms with van der Waals surface area (Å²) in [4.78, 5) is 24.9. The van der Waals surface area contributed by atoms with E-state index in [1.807, 2.05) is 36.4 Å². The molecule has 0 aliphatic heterocycles. The highest BCUT2D eigenvalue weighted by Gasteiger charge is 2.33. The second-order valence-electron chi connectivity index (χ2n) is 7.02. The van der Waals surface area contributed by atoms with Gasteiger partial charge in [0.05, 0.1) is 0 Å². The lowest BCUT2D eigenvalue weighted by Gasteiger charge is -2.28. The summed E-state index contributed by atoms with van der Waals surface area (Å²) in [5.74, 6) is 1.21. The highest BCUT2D eigenvalue weighted by atomic mass is 16.1. The minimum atomic E-state index is 0.270. The van der Waals surface area contributed by atoms with Crippen molar-refractivity contribution in [2.45, 2.75) is 50.4 Å². The molecule has 0 fully saturated rings. The van der Waals surface area contributed by atoms with Crippen molar-refractivity contribution in [1.82, 2.24) is 0 Å². The third-order valence-corrected chi connectivity index (χ3v) is 5.64. The molecule has 0 spiro atoms. The maximum Gasteiger partial charge on any atom is 0.163 e. The second-order valence-corrected chi connectivity index (χ2v) is 7.02. The minimum Gasteiger partial charge on any atom is -0.294 e. The van der Waals surface area contributed by atoms with Gasteiger partial charge in [0.2, 0.25) is 0 Å². The number of hydrogen-bond acceptors (Lipinski definition) is 2. The van der Waals surface area contributed by atoms with Gasteiger partial charge < -0.3 is 0 Å². The molecular formula is C22H22O2. The zero-order valence-corrected chi connectivity index (χ0v) is 13.8. The van der Waals surface area contributed by atoms with Crippen LogP contribution in [0.2, 0.25) is 0 Å². The summed E-state index contributed by atoms with van der Waals surface area (Å²) in [5, 5.41) is 0. The van der Waals surface area contributed by atoms with Crippen LogP contribution in [-0.4, -0.2) is 11.6 Å². The van der Waals surface area contributed by atoms with Crippen LogP contribution in [0.5, 0.6) is 0 Å². The fourth-order valence-corrected chi connectivity index (χ4v) is 4.53. The molecule has 0 unspecified atom stereocenters. The number of benzene rings is 2. The summed E-state index contributed by atoms with van der Waals surface area (Å²) < 4.78 is 0. The largest absolute Gasteiger partial charge is 0.294 e. The Labute approximate surface area is 142 Å². The molecule has 0 amide bonds. The van der Waals surface area contributed by atoms with Crippen LogP contribution in [0.15, 0.2) is 48.5 Å². The molecule has 0 saturated carbocycles. The Balaban J connectivity index is 1.83. The molecular weight excluding hydrogens is 296 g/mol. The fourth-order valence-electron chi connectivity index (χ4n) is 4.53. The van der Waals surface area contributed by atoms with E-state index in [1.54, 1.807) is 0 Å². The molecule has 2 heteroatoms. The molecule has 0 N–H and O–H groups in total. The van der Waals surface area contributed by atoms with Crippen LogP contribution < -0.4 is 0 Å². The van der Waals surface area contributed by atoms with Gasteiger partial charge in [0.15, 0.2) is 11.6 Å². The molecule has 2 nitrogen and oxygen atoms in total. The van der Waals surface area contributed by atoms with E-state index in [9.17, 15) is 9.59 Å². The van der Waals surface area contributed by atoms with E-state index in [2.05, 4.69) is 12.1 Å². The number of fused-ring (bicyclic) bond motifs is 2. The van der Waals surface area contributed by atoms with Gasteiger partial charge in [-0.1, -0.05) is 48.5 Å². The predicted molar refractivity (Wildman–Crippen MR) is 94.7 cm³/mol. The van der Waals surface area contributed by atoms with Gasteiger partial charge in [-0.3, -0.25) is 9.59 Å². The maximum absolute atomic E-state index is 12.4. The molecule has 2 aromatic rings. The van der Waals surface area contributed by atoms with Gasteiger partial charge in [0, 0.05) is 24.0 Å². The van der Waals surface area contributed by atoms with Crippen LogP contribution in [0, 0.1) is 0 Å². The quantitative estimate of drug-likeness (QED) is 0.670. The minimum absolute atomic E-state index is 0.270. The summed E-state index contributed by atoms with van der Waals surface area (Å²) in [6.07, 6.45) is 5.20. The lowest BCUT2D eigenvalue weighted by atomic mass is 9.76. The van der Waals surface area contributed by atoms with E-state index in [1.165, 1.54) is 11.1 Å². The zero-order valence-electron chi connectivity index (χ0n) is 13.8. The summed E-state index contributed by atoms with van der Waals surface area (Å²) in [6.45, 7) is 0. The number of Topliss-reactive ketones (excluding diaryl/α,β-unsaturated/α-hetero) is 2. The average molecular weight is 318 g/mol. The Morgan fingerprint density at radius 1 is 0.625 bits per heavy atom. The first-order chi connectivity index (χ1) is 11.8. The first-order valence-electron chi connectivity index (χ1n) is 9.00. The van der Waals surface area contributed by atoms with E-state index in [4.69, 9.17) is 0 Å². The van der Waals surface area contributed by atoms with Crippen LogP contribution in [0.25, 0.3) is 0 Å². The Morgan fingerprint density at radius 3 is 1.50 bits per heavy atom. The molecule has 122 valence electrons. The Hall–Kier alpha value is -2.22. The van der Waals surface area contributed by atoms with Gasteiger partial charge in [-0.15, -0.1) is 0 Å². The number of ketones is 2. The van der Waals surface area contributed by atoms with Crippen molar-refractivity contribution >= 4 is 11.6 Å². The van der Waals surface area contributed by atoms with Crippen LogP contribution in [-0.2, 0) is 0 Å². The lowest BCUT2D eigenvalue weighted by molar-refractivity contribution is 0.0973. The molecule has 0 bridgehead atoms. The molecule has 0 saturated heterocycles. The van der Waals surface area contributed by atoms with Crippen molar-refractivity contribution in [2.24, 2.45) is 0 Å². The van der Waals surface area contributed by atoms with Crippen molar-refractivity contribution in [3.8, 4) is 0 Å². The second kappa shape index (κ2) is 6.35. The normalized spacial score (nSPS) is 23.8. The smallest absolute Gasteiger partial charge is 0.163 e. The molecule has 0 heterocycles. The molecule has 0 radical (unpaired) electrons. The first-order valence-corrected chi connectivity index (χ1v) is 9.00. The molecule has 0 aromatic heterocycles. The summed E-state index contributed by atoms with van der Waals surface area (Å²) in [7, 11) is 0. The van der Waals surface area contributed by atoms with E-state index in [0.29, 0.717) is 24.7 Å². The van der Waals surface area contributed by atoms with E-state index >= 15 is 0 Å². The van der Waals surface area contributed by atoms with Crippen LogP contribution in [0.1, 0.15) is 82.2 Å². The van der Waals surface area contributed by atoms with Crippen LogP contribution >= 0.6 is 0 Å². The SMILES string of the molecule is O=C1CCC[C@H]([C@H]2CCCC(=O)c3ccccc32)c2ccccc21. The molecule has 2 atom stereocenters. The summed E-state index contributed by atoms with van der Waals surface area (Å²) >= 11 is 0. The Kier molecular flexibility index (Phi) is 4.05. The van der Waals surface area contributed by atoms with E-state index in [-0.39, 0.29) is 11.6 Å². The molecule has 4 rings (SSSR count). The predicted octanol–water partition coefficient (Wildman–Crippen LogP) is 5.29. The van der Waals surface area contributed by atoms with Gasteiger partial charge in [0.1, 0.15) is 0 Å². The van der Waals surface area contributed by atoms with Crippen molar-refractivity contribution < 1.29 is 9.59 Å². The number of carbonyl (C=O) groups excluding carboxylic acids is 2. The number of carbonyl (C=O) groups is 2. The maximum atomic E-state index is 12.4. The Bertz CT molecular complexity index is 723. The lowest BCUT2D eigenvalue weighted by Crippen LogP contribution is -2.14. The first kappa shape index (κ1) is 15.3. The number of rotatable bonds is 1. The van der Waals surface area contributed by atoms with Gasteiger partial charge in [-0.25, -0.2) is 0 Å². The topological polar surface area (TPSA) is 34.1 Å². The van der Waals surface area contributed by atoms with Crippen molar-refractivity contribution in [3.05, 3.63) is 70.8 Å². The third-order valence-electron chi connectivity index (χ3n) is 5.64. The highest BCUT2D eigenvalue weighted by Crippen LogP contribution is 2.45. The molecule has 24 heavy (non-hydrogen) atoms. The molecule has 2 aliphatic rings. The monoisotopic (exact) mass is 318 g/mol. The van der Waals surface area contributed by atoms with Crippen LogP contribution in [0.4, 0.5) is 0 Å². The van der Waals surface area contributed by atoms with Crippen molar-refractivity contribution in [1.29, 1.82) is 0 Å². The molecule has 2 aliphatic carbocycles. The van der Waals surface area contributed by atoms with Gasteiger partial charge in [-0.2, -0.15) is 0 Å². The van der Waals surface area contributed by atoms with Crippen LogP contribution in [0.3, 0.4) is 0 Å².